The number of rotatable bonds is 8. The van der Waals surface area contributed by atoms with Crippen LogP contribution in [0.5, 0.6) is 5.75 Å². The van der Waals surface area contributed by atoms with Gasteiger partial charge in [0.25, 0.3) is 0 Å². The summed E-state index contributed by atoms with van der Waals surface area (Å²) in [5.74, 6) is 0.968. The van der Waals surface area contributed by atoms with Gasteiger partial charge in [0.15, 0.2) is 0 Å². The van der Waals surface area contributed by atoms with Crippen LogP contribution in [0, 0.1) is 0 Å². The minimum Gasteiger partial charge on any atom is -0.494 e. The van der Waals surface area contributed by atoms with Crippen LogP contribution in [-0.2, 0) is 11.2 Å². The van der Waals surface area contributed by atoms with E-state index in [0.717, 1.165) is 75.3 Å². The van der Waals surface area contributed by atoms with Gasteiger partial charge >= 0.3 is 0 Å². The van der Waals surface area contributed by atoms with Gasteiger partial charge < -0.3 is 14.8 Å². The molecule has 1 saturated heterocycles. The third kappa shape index (κ3) is 5.44. The molecule has 4 rings (SSSR count). The summed E-state index contributed by atoms with van der Waals surface area (Å²) in [5, 5.41) is 3.49. The second kappa shape index (κ2) is 10.8. The molecule has 2 aromatic carbocycles. The Hall–Kier alpha value is -1.40. The van der Waals surface area contributed by atoms with Crippen LogP contribution in [0.25, 0.3) is 0 Å². The molecule has 0 radical (unpaired) electrons. The number of fused-ring (bicyclic) bond motifs is 1. The van der Waals surface area contributed by atoms with Gasteiger partial charge in [-0.15, -0.1) is 0 Å². The summed E-state index contributed by atoms with van der Waals surface area (Å²) >= 11 is 3.62. The van der Waals surface area contributed by atoms with Crippen LogP contribution in [0.3, 0.4) is 0 Å². The van der Waals surface area contributed by atoms with Gasteiger partial charge in [0.1, 0.15) is 5.75 Å². The summed E-state index contributed by atoms with van der Waals surface area (Å²) in [5.41, 5.74) is 4.12. The van der Waals surface area contributed by atoms with Gasteiger partial charge in [0.2, 0.25) is 0 Å². The second-order valence-electron chi connectivity index (χ2n) is 8.26. The van der Waals surface area contributed by atoms with Gasteiger partial charge in [-0.3, -0.25) is 4.90 Å². The van der Waals surface area contributed by atoms with E-state index in [1.165, 1.54) is 16.7 Å². The maximum absolute atomic E-state index is 6.29. The third-order valence-electron chi connectivity index (χ3n) is 6.20. The van der Waals surface area contributed by atoms with Crippen LogP contribution in [0.15, 0.2) is 46.9 Å². The smallest absolute Gasteiger partial charge is 0.119 e. The van der Waals surface area contributed by atoms with Crippen molar-refractivity contribution in [3.63, 3.8) is 0 Å². The van der Waals surface area contributed by atoms with E-state index in [9.17, 15) is 0 Å². The Balaban J connectivity index is 1.54. The van der Waals surface area contributed by atoms with Crippen molar-refractivity contribution >= 4 is 15.9 Å². The minimum atomic E-state index is 0.141. The Labute approximate surface area is 189 Å². The van der Waals surface area contributed by atoms with Gasteiger partial charge in [-0.25, -0.2) is 0 Å². The molecular weight excluding hydrogens is 440 g/mol. The summed E-state index contributed by atoms with van der Waals surface area (Å²) in [4.78, 5) is 2.61. The number of ether oxygens (including phenoxy) is 2. The fraction of sp³-hybridized carbons (Fsp3) is 0.520. The standard InChI is InChI=1S/C25H33BrN2O2/c1-2-3-15-29-22-7-4-19(5-8-22)24(28-13-11-27-12-14-28)18-25-23-9-6-21(26)17-20(23)10-16-30-25/h4-9,17,24-25,27H,2-3,10-16,18H2,1H3. The Morgan fingerprint density at radius 1 is 1.17 bits per heavy atom. The first kappa shape index (κ1) is 21.8. The number of piperazine rings is 1. The normalized spacial score (nSPS) is 20.5. The SMILES string of the molecule is CCCCOc1ccc(C(CC2OCCc3cc(Br)ccc32)N2CCNCC2)cc1. The van der Waals surface area contributed by atoms with Crippen molar-refractivity contribution in [1.29, 1.82) is 0 Å². The lowest BCUT2D eigenvalue weighted by molar-refractivity contribution is 0.0119. The number of nitrogens with one attached hydrogen (secondary N) is 1. The van der Waals surface area contributed by atoms with Crippen molar-refractivity contribution in [2.75, 3.05) is 39.4 Å². The van der Waals surface area contributed by atoms with Crippen molar-refractivity contribution in [2.45, 2.75) is 44.8 Å². The number of hydrogen-bond donors (Lipinski definition) is 1. The van der Waals surface area contributed by atoms with E-state index < -0.39 is 0 Å². The summed E-state index contributed by atoms with van der Waals surface area (Å²) < 4.78 is 13.3. The quantitative estimate of drug-likeness (QED) is 0.529. The van der Waals surface area contributed by atoms with E-state index in [4.69, 9.17) is 9.47 Å². The van der Waals surface area contributed by atoms with E-state index in [2.05, 4.69) is 75.5 Å². The zero-order valence-corrected chi connectivity index (χ0v) is 19.5. The largest absolute Gasteiger partial charge is 0.494 e. The van der Waals surface area contributed by atoms with Crippen molar-refractivity contribution in [3.8, 4) is 5.75 Å². The average Bonchev–Trinajstić information content (AvgIpc) is 2.78. The van der Waals surface area contributed by atoms with E-state index in [-0.39, 0.29) is 6.10 Å². The first-order chi connectivity index (χ1) is 14.7. The fourth-order valence-electron chi connectivity index (χ4n) is 4.51. The van der Waals surface area contributed by atoms with E-state index in [1.54, 1.807) is 0 Å². The topological polar surface area (TPSA) is 33.7 Å². The van der Waals surface area contributed by atoms with Gasteiger partial charge in [-0.2, -0.15) is 0 Å². The maximum Gasteiger partial charge on any atom is 0.119 e. The Morgan fingerprint density at radius 2 is 1.97 bits per heavy atom. The van der Waals surface area contributed by atoms with Crippen LogP contribution in [-0.4, -0.2) is 44.3 Å². The number of hydrogen-bond acceptors (Lipinski definition) is 4. The average molecular weight is 473 g/mol. The van der Waals surface area contributed by atoms with E-state index in [0.29, 0.717) is 6.04 Å². The van der Waals surface area contributed by atoms with Crippen molar-refractivity contribution < 1.29 is 9.47 Å². The number of nitrogens with zero attached hydrogens (tertiary/aromatic N) is 1. The highest BCUT2D eigenvalue weighted by atomic mass is 79.9. The molecule has 0 aromatic heterocycles. The molecule has 2 unspecified atom stereocenters. The Bertz CT molecular complexity index is 805. The van der Waals surface area contributed by atoms with Gasteiger partial charge in [0, 0.05) is 36.7 Å². The monoisotopic (exact) mass is 472 g/mol. The summed E-state index contributed by atoms with van der Waals surface area (Å²) in [6.07, 6.45) is 4.36. The molecule has 2 atom stereocenters. The zero-order valence-electron chi connectivity index (χ0n) is 17.9. The summed E-state index contributed by atoms with van der Waals surface area (Å²) in [6.45, 7) is 8.01. The molecule has 0 spiro atoms. The minimum absolute atomic E-state index is 0.141. The van der Waals surface area contributed by atoms with Gasteiger partial charge in [-0.05, 0) is 60.2 Å². The van der Waals surface area contributed by atoms with Crippen LogP contribution in [0.2, 0.25) is 0 Å². The van der Waals surface area contributed by atoms with Crippen molar-refractivity contribution in [3.05, 3.63) is 63.6 Å². The molecule has 0 saturated carbocycles. The first-order valence-corrected chi connectivity index (χ1v) is 12.1. The molecule has 2 aliphatic heterocycles. The molecule has 1 N–H and O–H groups in total. The first-order valence-electron chi connectivity index (χ1n) is 11.3. The predicted molar refractivity (Wildman–Crippen MR) is 125 cm³/mol. The highest BCUT2D eigenvalue weighted by Crippen LogP contribution is 2.38. The molecule has 2 heterocycles. The molecule has 4 nitrogen and oxygen atoms in total. The van der Waals surface area contributed by atoms with E-state index in [1.807, 2.05) is 0 Å². The maximum atomic E-state index is 6.29. The lowest BCUT2D eigenvalue weighted by atomic mass is 9.90. The van der Waals surface area contributed by atoms with Crippen molar-refractivity contribution in [2.24, 2.45) is 0 Å². The number of benzene rings is 2. The van der Waals surface area contributed by atoms with E-state index >= 15 is 0 Å². The van der Waals surface area contributed by atoms with Gasteiger partial charge in [-0.1, -0.05) is 47.5 Å². The molecule has 2 aromatic rings. The lowest BCUT2D eigenvalue weighted by Gasteiger charge is -2.38. The highest BCUT2D eigenvalue weighted by Gasteiger charge is 2.29. The van der Waals surface area contributed by atoms with Crippen LogP contribution >= 0.6 is 15.9 Å². The Kier molecular flexibility index (Phi) is 7.83. The number of halogens is 1. The zero-order chi connectivity index (χ0) is 20.8. The number of unbranched alkanes of at least 4 members (excludes halogenated alkanes) is 1. The van der Waals surface area contributed by atoms with Crippen LogP contribution in [0.4, 0.5) is 0 Å². The molecule has 0 aliphatic carbocycles. The summed E-state index contributed by atoms with van der Waals surface area (Å²) in [7, 11) is 0. The third-order valence-corrected chi connectivity index (χ3v) is 6.70. The van der Waals surface area contributed by atoms with Gasteiger partial charge in [0.05, 0.1) is 19.3 Å². The van der Waals surface area contributed by atoms with Crippen LogP contribution in [0.1, 0.15) is 55.0 Å². The lowest BCUT2D eigenvalue weighted by Crippen LogP contribution is -2.45. The Morgan fingerprint density at radius 3 is 2.73 bits per heavy atom. The summed E-state index contributed by atoms with van der Waals surface area (Å²) in [6, 6.07) is 15.7. The van der Waals surface area contributed by atoms with Crippen molar-refractivity contribution in [1.82, 2.24) is 10.2 Å². The molecular formula is C25H33BrN2O2. The molecule has 30 heavy (non-hydrogen) atoms. The fourth-order valence-corrected chi connectivity index (χ4v) is 4.92. The predicted octanol–water partition coefficient (Wildman–Crippen LogP) is 5.28. The second-order valence-corrected chi connectivity index (χ2v) is 9.18. The highest BCUT2D eigenvalue weighted by molar-refractivity contribution is 9.10. The molecule has 0 amide bonds. The molecule has 1 fully saturated rings. The molecule has 5 heteroatoms. The molecule has 0 bridgehead atoms. The van der Waals surface area contributed by atoms with Crippen LogP contribution < -0.4 is 10.1 Å². The molecule has 2 aliphatic rings. The molecule has 162 valence electrons.